The summed E-state index contributed by atoms with van der Waals surface area (Å²) in [5, 5.41) is 0.672. The van der Waals surface area contributed by atoms with Gasteiger partial charge in [0.15, 0.2) is 6.10 Å². The highest BCUT2D eigenvalue weighted by molar-refractivity contribution is 6.30. The predicted octanol–water partition coefficient (Wildman–Crippen LogP) is 3.00. The van der Waals surface area contributed by atoms with Crippen molar-refractivity contribution in [2.45, 2.75) is 12.5 Å². The maximum absolute atomic E-state index is 12.8. The van der Waals surface area contributed by atoms with Gasteiger partial charge in [0, 0.05) is 37.6 Å². The van der Waals surface area contributed by atoms with Crippen molar-refractivity contribution in [1.29, 1.82) is 0 Å². The molecule has 0 saturated carbocycles. The topological polar surface area (TPSA) is 42.0 Å². The maximum atomic E-state index is 12.8. The van der Waals surface area contributed by atoms with E-state index < -0.39 is 6.10 Å². The Kier molecular flexibility index (Phi) is 4.64. The lowest BCUT2D eigenvalue weighted by Gasteiger charge is -2.37. The number of methoxy groups -OCH3 is 1. The van der Waals surface area contributed by atoms with E-state index in [0.717, 1.165) is 35.8 Å². The molecule has 2 heterocycles. The number of carbonyl (C=O) groups excluding carboxylic acids is 1. The van der Waals surface area contributed by atoms with Gasteiger partial charge in [-0.2, -0.15) is 0 Å². The largest absolute Gasteiger partial charge is 0.495 e. The molecule has 1 unspecified atom stereocenters. The molecule has 26 heavy (non-hydrogen) atoms. The van der Waals surface area contributed by atoms with Gasteiger partial charge in [0.1, 0.15) is 11.5 Å². The van der Waals surface area contributed by atoms with Crippen LogP contribution in [0.5, 0.6) is 11.5 Å². The van der Waals surface area contributed by atoms with Crippen LogP contribution in [-0.2, 0) is 11.2 Å². The van der Waals surface area contributed by atoms with Gasteiger partial charge in [-0.1, -0.05) is 23.7 Å². The number of hydrogen-bond acceptors (Lipinski definition) is 4. The van der Waals surface area contributed by atoms with Crippen LogP contribution in [0, 0.1) is 0 Å². The minimum atomic E-state index is -0.443. The fraction of sp³-hybridized carbons (Fsp3) is 0.350. The average molecular weight is 373 g/mol. The van der Waals surface area contributed by atoms with E-state index in [1.807, 2.05) is 35.2 Å². The van der Waals surface area contributed by atoms with E-state index in [1.165, 1.54) is 0 Å². The zero-order chi connectivity index (χ0) is 18.1. The van der Waals surface area contributed by atoms with Crippen molar-refractivity contribution < 1.29 is 14.3 Å². The van der Waals surface area contributed by atoms with Crippen LogP contribution >= 0.6 is 11.6 Å². The molecule has 6 heteroatoms. The molecule has 1 fully saturated rings. The van der Waals surface area contributed by atoms with Crippen molar-refractivity contribution in [2.75, 3.05) is 38.2 Å². The Labute approximate surface area is 158 Å². The van der Waals surface area contributed by atoms with Gasteiger partial charge < -0.3 is 19.3 Å². The molecule has 2 aliphatic heterocycles. The van der Waals surface area contributed by atoms with Gasteiger partial charge in [0.2, 0.25) is 0 Å². The summed E-state index contributed by atoms with van der Waals surface area (Å²) in [6.07, 6.45) is 0.142. The number of anilines is 1. The molecular formula is C20H21ClN2O3. The normalized spacial score (nSPS) is 19.1. The van der Waals surface area contributed by atoms with Gasteiger partial charge in [-0.25, -0.2) is 0 Å². The molecule has 0 bridgehead atoms. The second kappa shape index (κ2) is 7.08. The number of carbonyl (C=O) groups is 1. The van der Waals surface area contributed by atoms with Crippen LogP contribution in [0.2, 0.25) is 5.02 Å². The highest BCUT2D eigenvalue weighted by Gasteiger charge is 2.34. The molecule has 2 aliphatic rings. The molecule has 136 valence electrons. The summed E-state index contributed by atoms with van der Waals surface area (Å²) < 4.78 is 11.3. The monoisotopic (exact) mass is 372 g/mol. The van der Waals surface area contributed by atoms with Crippen LogP contribution in [0.3, 0.4) is 0 Å². The third-order valence-corrected chi connectivity index (χ3v) is 5.22. The lowest BCUT2D eigenvalue weighted by Crippen LogP contribution is -2.52. The highest BCUT2D eigenvalue weighted by atomic mass is 35.5. The molecule has 0 aliphatic carbocycles. The molecule has 0 N–H and O–H groups in total. The molecule has 2 aromatic carbocycles. The summed E-state index contributed by atoms with van der Waals surface area (Å²) in [6.45, 7) is 2.90. The van der Waals surface area contributed by atoms with Crippen LogP contribution in [0.15, 0.2) is 42.5 Å². The van der Waals surface area contributed by atoms with Crippen LogP contribution < -0.4 is 14.4 Å². The van der Waals surface area contributed by atoms with Crippen molar-refractivity contribution in [3.05, 3.63) is 53.1 Å². The first-order valence-electron chi connectivity index (χ1n) is 8.77. The van der Waals surface area contributed by atoms with E-state index in [4.69, 9.17) is 21.1 Å². The van der Waals surface area contributed by atoms with Gasteiger partial charge in [0.05, 0.1) is 12.8 Å². The molecule has 1 saturated heterocycles. The zero-order valence-corrected chi connectivity index (χ0v) is 15.4. The summed E-state index contributed by atoms with van der Waals surface area (Å²) in [5.74, 6) is 1.68. The third-order valence-electron chi connectivity index (χ3n) is 4.99. The average Bonchev–Trinajstić information content (AvgIpc) is 3.10. The molecule has 1 atom stereocenters. The Hall–Kier alpha value is -2.40. The van der Waals surface area contributed by atoms with Crippen LogP contribution in [-0.4, -0.2) is 50.2 Å². The van der Waals surface area contributed by atoms with Crippen molar-refractivity contribution in [3.8, 4) is 11.5 Å². The van der Waals surface area contributed by atoms with Crippen LogP contribution in [0.4, 0.5) is 5.69 Å². The number of benzene rings is 2. The first kappa shape index (κ1) is 17.0. The number of para-hydroxylation sites is 2. The Morgan fingerprint density at radius 2 is 1.92 bits per heavy atom. The van der Waals surface area contributed by atoms with E-state index in [9.17, 15) is 4.79 Å². The van der Waals surface area contributed by atoms with E-state index in [0.29, 0.717) is 24.5 Å². The standard InChI is InChI=1S/C20H21ClN2O3/c1-25-18-5-3-2-4-16(18)22-8-10-23(11-9-22)20(24)19-13-14-12-15(21)6-7-17(14)26-19/h2-7,12,19H,8-11,13H2,1H3. The Bertz CT molecular complexity index is 818. The number of fused-ring (bicyclic) bond motifs is 1. The quantitative estimate of drug-likeness (QED) is 0.830. The Morgan fingerprint density at radius 1 is 1.15 bits per heavy atom. The van der Waals surface area contributed by atoms with Gasteiger partial charge >= 0.3 is 0 Å². The van der Waals surface area contributed by atoms with E-state index >= 15 is 0 Å². The van der Waals surface area contributed by atoms with Crippen molar-refractivity contribution in [2.24, 2.45) is 0 Å². The maximum Gasteiger partial charge on any atom is 0.264 e. The van der Waals surface area contributed by atoms with E-state index in [2.05, 4.69) is 11.0 Å². The highest BCUT2D eigenvalue weighted by Crippen LogP contribution is 2.32. The molecule has 2 aromatic rings. The number of piperazine rings is 1. The molecule has 1 amide bonds. The fourth-order valence-electron chi connectivity index (χ4n) is 3.62. The summed E-state index contributed by atoms with van der Waals surface area (Å²) >= 11 is 6.03. The Morgan fingerprint density at radius 3 is 2.69 bits per heavy atom. The number of nitrogens with zero attached hydrogens (tertiary/aromatic N) is 2. The van der Waals surface area contributed by atoms with Crippen LogP contribution in [0.1, 0.15) is 5.56 Å². The minimum absolute atomic E-state index is 0.0528. The fourth-order valence-corrected chi connectivity index (χ4v) is 3.81. The van der Waals surface area contributed by atoms with Crippen molar-refractivity contribution >= 4 is 23.2 Å². The number of hydrogen-bond donors (Lipinski definition) is 0. The predicted molar refractivity (Wildman–Crippen MR) is 101 cm³/mol. The molecular weight excluding hydrogens is 352 g/mol. The lowest BCUT2D eigenvalue weighted by molar-refractivity contribution is -0.138. The van der Waals surface area contributed by atoms with Gasteiger partial charge in [0.25, 0.3) is 5.91 Å². The van der Waals surface area contributed by atoms with Gasteiger partial charge in [-0.3, -0.25) is 4.79 Å². The number of halogens is 1. The third kappa shape index (κ3) is 3.19. The Balaban J connectivity index is 1.39. The zero-order valence-electron chi connectivity index (χ0n) is 14.7. The van der Waals surface area contributed by atoms with Crippen LogP contribution in [0.25, 0.3) is 0 Å². The summed E-state index contributed by atoms with van der Waals surface area (Å²) in [5.41, 5.74) is 2.07. The number of rotatable bonds is 3. The van der Waals surface area contributed by atoms with E-state index in [1.54, 1.807) is 13.2 Å². The first-order chi connectivity index (χ1) is 12.7. The minimum Gasteiger partial charge on any atom is -0.495 e. The summed E-state index contributed by atoms with van der Waals surface area (Å²) in [6, 6.07) is 13.5. The second-order valence-electron chi connectivity index (χ2n) is 6.55. The lowest BCUT2D eigenvalue weighted by atomic mass is 10.1. The van der Waals surface area contributed by atoms with Crippen molar-refractivity contribution in [1.82, 2.24) is 4.90 Å². The van der Waals surface area contributed by atoms with Gasteiger partial charge in [-0.05, 0) is 35.9 Å². The number of ether oxygens (including phenoxy) is 2. The molecule has 0 spiro atoms. The molecule has 0 radical (unpaired) electrons. The SMILES string of the molecule is COc1ccccc1N1CCN(C(=O)C2Cc3cc(Cl)ccc3O2)CC1. The molecule has 5 nitrogen and oxygen atoms in total. The number of amides is 1. The first-order valence-corrected chi connectivity index (χ1v) is 9.15. The molecule has 4 rings (SSSR count). The summed E-state index contributed by atoms with van der Waals surface area (Å²) in [7, 11) is 1.68. The summed E-state index contributed by atoms with van der Waals surface area (Å²) in [4.78, 5) is 17.0. The van der Waals surface area contributed by atoms with Gasteiger partial charge in [-0.15, -0.1) is 0 Å². The molecule has 0 aromatic heterocycles. The smallest absolute Gasteiger partial charge is 0.264 e. The van der Waals surface area contributed by atoms with Crippen molar-refractivity contribution in [3.63, 3.8) is 0 Å². The van der Waals surface area contributed by atoms with E-state index in [-0.39, 0.29) is 5.91 Å². The second-order valence-corrected chi connectivity index (χ2v) is 6.98.